The Labute approximate surface area is 149 Å². The molecule has 1 rings (SSSR count). The Hall–Kier alpha value is -0.370. The summed E-state index contributed by atoms with van der Waals surface area (Å²) in [6, 6.07) is 0. The van der Waals surface area contributed by atoms with Crippen LogP contribution in [0.1, 0.15) is 54.4 Å². The number of ketones is 3. The Morgan fingerprint density at radius 1 is 1.30 bits per heavy atom. The molecule has 5 nitrogen and oxygen atoms in total. The van der Waals surface area contributed by atoms with E-state index in [4.69, 9.17) is 9.84 Å². The highest BCUT2D eigenvalue weighted by molar-refractivity contribution is 8.01. The van der Waals surface area contributed by atoms with Gasteiger partial charge >= 0.3 is 0 Å². The maximum absolute atomic E-state index is 11.1. The van der Waals surface area contributed by atoms with Crippen LogP contribution in [0.15, 0.2) is 0 Å². The number of ether oxygens (including phenoxy) is 1. The number of aliphatic hydroxyl groups excluding tert-OH is 1. The molecular weight excluding hydrogens is 336 g/mol. The Kier molecular flexibility index (Phi) is 14.0. The molecule has 23 heavy (non-hydrogen) atoms. The summed E-state index contributed by atoms with van der Waals surface area (Å²) in [5.74, 6) is 1.16. The summed E-state index contributed by atoms with van der Waals surface area (Å²) in [6.07, 6.45) is 1.89. The lowest BCUT2D eigenvalue weighted by molar-refractivity contribution is -0.135. The summed E-state index contributed by atoms with van der Waals surface area (Å²) in [5.41, 5.74) is 0. The van der Waals surface area contributed by atoms with Crippen LogP contribution in [0.3, 0.4) is 0 Å². The van der Waals surface area contributed by atoms with E-state index in [1.807, 2.05) is 13.8 Å². The Balaban J connectivity index is 0. The van der Waals surface area contributed by atoms with Crippen molar-refractivity contribution in [1.29, 1.82) is 0 Å². The van der Waals surface area contributed by atoms with E-state index in [1.54, 1.807) is 25.6 Å². The summed E-state index contributed by atoms with van der Waals surface area (Å²) in [4.78, 5) is 30.1. The molecule has 0 aromatic carbocycles. The lowest BCUT2D eigenvalue weighted by atomic mass is 10.2. The van der Waals surface area contributed by atoms with Gasteiger partial charge in [-0.3, -0.25) is 14.4 Å². The zero-order valence-electron chi connectivity index (χ0n) is 14.9. The standard InChI is InChI=1S/C8H14O2S.C4H6O2.C4H10OS/c1-6-4-5-11-8(3,10-6)7(2)9;1-3(5)4(2)6;1-4(5)2-3-6/h6H,4-5H2,1-3H3;1-2H3;4-6H,2-3H2,1H3. The number of carbonyl (C=O) groups is 3. The van der Waals surface area contributed by atoms with Crippen LogP contribution in [0.2, 0.25) is 0 Å². The second-order valence-corrected chi connectivity index (χ2v) is 7.46. The molecule has 0 aromatic rings. The van der Waals surface area contributed by atoms with Crippen molar-refractivity contribution < 1.29 is 24.2 Å². The van der Waals surface area contributed by atoms with Crippen LogP contribution in [0.5, 0.6) is 0 Å². The van der Waals surface area contributed by atoms with Gasteiger partial charge in [-0.2, -0.15) is 12.6 Å². The number of thiol groups is 1. The molecule has 0 aliphatic carbocycles. The molecule has 1 aliphatic rings. The quantitative estimate of drug-likeness (QED) is 0.588. The Morgan fingerprint density at radius 3 is 1.96 bits per heavy atom. The molecule has 1 N–H and O–H groups in total. The zero-order chi connectivity index (χ0) is 18.6. The Bertz CT molecular complexity index is 373. The normalized spacial score (nSPS) is 24.3. The van der Waals surface area contributed by atoms with Gasteiger partial charge in [-0.25, -0.2) is 0 Å². The van der Waals surface area contributed by atoms with Gasteiger partial charge in [0.15, 0.2) is 22.3 Å². The van der Waals surface area contributed by atoms with Gasteiger partial charge in [-0.05, 0) is 52.0 Å². The number of thioether (sulfide) groups is 1. The average Bonchev–Trinajstić information content (AvgIpc) is 2.39. The van der Waals surface area contributed by atoms with E-state index in [-0.39, 0.29) is 29.6 Å². The number of hydrogen-bond donors (Lipinski definition) is 2. The van der Waals surface area contributed by atoms with Crippen LogP contribution in [0, 0.1) is 0 Å². The van der Waals surface area contributed by atoms with E-state index in [0.29, 0.717) is 0 Å². The van der Waals surface area contributed by atoms with Crippen LogP contribution >= 0.6 is 24.4 Å². The second kappa shape index (κ2) is 13.0. The Morgan fingerprint density at radius 2 is 1.78 bits per heavy atom. The number of aliphatic hydroxyl groups is 1. The number of rotatable bonds is 4. The lowest BCUT2D eigenvalue weighted by Crippen LogP contribution is -2.40. The average molecular weight is 367 g/mol. The van der Waals surface area contributed by atoms with Crippen molar-refractivity contribution >= 4 is 41.7 Å². The van der Waals surface area contributed by atoms with E-state index >= 15 is 0 Å². The van der Waals surface area contributed by atoms with Crippen LogP contribution < -0.4 is 0 Å². The predicted octanol–water partition coefficient (Wildman–Crippen LogP) is 2.69. The van der Waals surface area contributed by atoms with Crippen LogP contribution in [0.4, 0.5) is 0 Å². The zero-order valence-corrected chi connectivity index (χ0v) is 16.6. The molecule has 7 heteroatoms. The first kappa shape index (κ1) is 24.9. The van der Waals surface area contributed by atoms with E-state index in [0.717, 1.165) is 24.3 Å². The van der Waals surface area contributed by atoms with E-state index < -0.39 is 4.93 Å². The van der Waals surface area contributed by atoms with Gasteiger partial charge in [0.2, 0.25) is 0 Å². The van der Waals surface area contributed by atoms with Crippen molar-refractivity contribution in [3.63, 3.8) is 0 Å². The molecule has 3 unspecified atom stereocenters. The van der Waals surface area contributed by atoms with Crippen molar-refractivity contribution in [2.45, 2.75) is 71.5 Å². The van der Waals surface area contributed by atoms with E-state index in [2.05, 4.69) is 12.6 Å². The lowest BCUT2D eigenvalue weighted by Gasteiger charge is -2.34. The van der Waals surface area contributed by atoms with Crippen LogP contribution in [0.25, 0.3) is 0 Å². The molecule has 1 heterocycles. The van der Waals surface area contributed by atoms with Crippen LogP contribution in [-0.2, 0) is 19.1 Å². The summed E-state index contributed by atoms with van der Waals surface area (Å²) in [7, 11) is 0. The smallest absolute Gasteiger partial charge is 0.195 e. The van der Waals surface area contributed by atoms with Crippen molar-refractivity contribution in [1.82, 2.24) is 0 Å². The van der Waals surface area contributed by atoms with Gasteiger partial charge < -0.3 is 9.84 Å². The van der Waals surface area contributed by atoms with Crippen molar-refractivity contribution in [2.75, 3.05) is 11.5 Å². The van der Waals surface area contributed by atoms with Crippen LogP contribution in [-0.4, -0.2) is 51.1 Å². The molecule has 0 saturated carbocycles. The van der Waals surface area contributed by atoms with Gasteiger partial charge in [0, 0.05) is 13.8 Å². The fourth-order valence-corrected chi connectivity index (χ4v) is 2.92. The van der Waals surface area contributed by atoms with Crippen molar-refractivity contribution in [2.24, 2.45) is 0 Å². The van der Waals surface area contributed by atoms with E-state index in [9.17, 15) is 14.4 Å². The van der Waals surface area contributed by atoms with Gasteiger partial charge in [-0.15, -0.1) is 11.8 Å². The maximum Gasteiger partial charge on any atom is 0.195 e. The number of carbonyl (C=O) groups excluding carboxylic acids is 3. The second-order valence-electron chi connectivity index (χ2n) is 5.54. The minimum Gasteiger partial charge on any atom is -0.393 e. The number of hydrogen-bond acceptors (Lipinski definition) is 7. The van der Waals surface area contributed by atoms with Gasteiger partial charge in [0.05, 0.1) is 12.2 Å². The highest BCUT2D eigenvalue weighted by Gasteiger charge is 2.36. The molecule has 1 saturated heterocycles. The first-order valence-electron chi connectivity index (χ1n) is 7.59. The molecule has 0 bridgehead atoms. The highest BCUT2D eigenvalue weighted by atomic mass is 32.2. The summed E-state index contributed by atoms with van der Waals surface area (Å²) in [6.45, 7) is 9.72. The molecule has 0 spiro atoms. The van der Waals surface area contributed by atoms with Gasteiger partial charge in [0.25, 0.3) is 0 Å². The third-order valence-corrected chi connectivity index (χ3v) is 4.64. The molecule has 1 aliphatic heterocycles. The number of Topliss-reactive ketones (excluding diaryl/α,β-unsaturated/α-hetero) is 3. The first-order chi connectivity index (χ1) is 10.5. The highest BCUT2D eigenvalue weighted by Crippen LogP contribution is 2.34. The summed E-state index contributed by atoms with van der Waals surface area (Å²) < 4.78 is 5.55. The molecule has 0 amide bonds. The predicted molar refractivity (Wildman–Crippen MR) is 98.2 cm³/mol. The minimum absolute atomic E-state index is 0.119. The SMILES string of the molecule is CC(=O)C(C)=O.CC(=O)C1(C)OC(C)CCS1.CC(O)CCS. The molecule has 136 valence electrons. The van der Waals surface area contributed by atoms with Crippen molar-refractivity contribution in [3.8, 4) is 0 Å². The molecule has 0 radical (unpaired) electrons. The van der Waals surface area contributed by atoms with Crippen molar-refractivity contribution in [3.05, 3.63) is 0 Å². The largest absolute Gasteiger partial charge is 0.393 e. The van der Waals surface area contributed by atoms with E-state index in [1.165, 1.54) is 13.8 Å². The third-order valence-electron chi connectivity index (χ3n) is 3.01. The molecule has 0 aromatic heterocycles. The molecule has 3 atom stereocenters. The molecule has 1 fully saturated rings. The first-order valence-corrected chi connectivity index (χ1v) is 9.21. The van der Waals surface area contributed by atoms with Gasteiger partial charge in [-0.1, -0.05) is 0 Å². The minimum atomic E-state index is -0.572. The third kappa shape index (κ3) is 13.7. The maximum atomic E-state index is 11.1. The fourth-order valence-electron chi connectivity index (χ4n) is 1.27. The topological polar surface area (TPSA) is 80.7 Å². The van der Waals surface area contributed by atoms with Gasteiger partial charge in [0.1, 0.15) is 0 Å². The molecular formula is C16H30O5S2. The fraction of sp³-hybridized carbons (Fsp3) is 0.812. The summed E-state index contributed by atoms with van der Waals surface area (Å²) >= 11 is 5.51. The summed E-state index contributed by atoms with van der Waals surface area (Å²) in [5, 5.41) is 8.50. The monoisotopic (exact) mass is 366 g/mol.